The van der Waals surface area contributed by atoms with E-state index in [1.165, 1.54) is 0 Å². The molecule has 0 N–H and O–H groups in total. The van der Waals surface area contributed by atoms with Crippen LogP contribution < -0.4 is 9.64 Å². The van der Waals surface area contributed by atoms with E-state index in [1.54, 1.807) is 4.90 Å². The molecule has 2 fully saturated rings. The summed E-state index contributed by atoms with van der Waals surface area (Å²) in [4.78, 5) is 29.0. The fourth-order valence-electron chi connectivity index (χ4n) is 4.20. The molecule has 2 saturated heterocycles. The highest BCUT2D eigenvalue weighted by Crippen LogP contribution is 2.34. The Hall–Kier alpha value is -2.82. The number of hydrogen-bond acceptors (Lipinski definition) is 3. The minimum atomic E-state index is 0.0323. The largest absolute Gasteiger partial charge is 0.494 e. The summed E-state index contributed by atoms with van der Waals surface area (Å²) in [6.07, 6.45) is 3.42. The Labute approximate surface area is 165 Å². The van der Waals surface area contributed by atoms with Gasteiger partial charge in [0.15, 0.2) is 0 Å². The van der Waals surface area contributed by atoms with E-state index in [9.17, 15) is 9.59 Å². The highest BCUT2D eigenvalue weighted by Gasteiger charge is 2.31. The van der Waals surface area contributed by atoms with Gasteiger partial charge >= 0.3 is 0 Å². The van der Waals surface area contributed by atoms with Crippen molar-refractivity contribution >= 4 is 17.5 Å². The van der Waals surface area contributed by atoms with E-state index in [0.29, 0.717) is 18.6 Å². The van der Waals surface area contributed by atoms with Gasteiger partial charge in [0.1, 0.15) is 5.75 Å². The first-order chi connectivity index (χ1) is 13.7. The van der Waals surface area contributed by atoms with Crippen LogP contribution in [0.3, 0.4) is 0 Å². The van der Waals surface area contributed by atoms with Gasteiger partial charge in [-0.15, -0.1) is 0 Å². The lowest BCUT2D eigenvalue weighted by atomic mass is 10.0. The first-order valence-corrected chi connectivity index (χ1v) is 10.1. The van der Waals surface area contributed by atoms with Gasteiger partial charge in [0.05, 0.1) is 12.6 Å². The van der Waals surface area contributed by atoms with Crippen molar-refractivity contribution in [2.75, 3.05) is 24.6 Å². The minimum Gasteiger partial charge on any atom is -0.494 e. The summed E-state index contributed by atoms with van der Waals surface area (Å²) < 4.78 is 5.52. The van der Waals surface area contributed by atoms with Crippen LogP contribution in [0, 0.1) is 0 Å². The van der Waals surface area contributed by atoms with Crippen LogP contribution in [0.15, 0.2) is 48.5 Å². The van der Waals surface area contributed by atoms with Gasteiger partial charge in [-0.25, -0.2) is 0 Å². The van der Waals surface area contributed by atoms with Crippen molar-refractivity contribution < 1.29 is 14.3 Å². The van der Waals surface area contributed by atoms with E-state index in [4.69, 9.17) is 4.74 Å². The number of amides is 2. The molecule has 5 nitrogen and oxygen atoms in total. The molecule has 0 radical (unpaired) electrons. The normalized spacial score (nSPS) is 19.3. The first-order valence-electron chi connectivity index (χ1n) is 10.1. The van der Waals surface area contributed by atoms with Crippen molar-refractivity contribution in [3.63, 3.8) is 0 Å². The predicted molar refractivity (Wildman–Crippen MR) is 109 cm³/mol. The zero-order valence-electron chi connectivity index (χ0n) is 16.3. The fourth-order valence-corrected chi connectivity index (χ4v) is 4.20. The van der Waals surface area contributed by atoms with Gasteiger partial charge in [-0.2, -0.15) is 0 Å². The summed E-state index contributed by atoms with van der Waals surface area (Å²) >= 11 is 0. The van der Waals surface area contributed by atoms with Crippen molar-refractivity contribution in [1.82, 2.24) is 4.90 Å². The van der Waals surface area contributed by atoms with Crippen LogP contribution in [-0.2, 0) is 4.79 Å². The number of benzene rings is 2. The standard InChI is InChI=1S/C23H26N2O3/c1-2-28-20-12-10-17(11-13-20)21-8-4-15-25(21)23(27)18-6-3-7-19(16-18)24-14-5-9-22(24)26/h3,6-7,10-13,16,21H,2,4-5,8-9,14-15H2,1H3/t21-/m1/s1. The SMILES string of the molecule is CCOc1ccc([C@H]2CCCN2C(=O)c2cccc(N3CCCC3=O)c2)cc1. The minimum absolute atomic E-state index is 0.0323. The van der Waals surface area contributed by atoms with Crippen LogP contribution in [-0.4, -0.2) is 36.4 Å². The van der Waals surface area contributed by atoms with E-state index >= 15 is 0 Å². The molecule has 0 saturated carbocycles. The molecule has 2 aliphatic heterocycles. The number of likely N-dealkylation sites (tertiary alicyclic amines) is 1. The molecule has 2 heterocycles. The Kier molecular flexibility index (Phi) is 5.33. The van der Waals surface area contributed by atoms with Crippen molar-refractivity contribution in [2.24, 2.45) is 0 Å². The van der Waals surface area contributed by atoms with Crippen molar-refractivity contribution in [3.8, 4) is 5.75 Å². The average Bonchev–Trinajstić information content (AvgIpc) is 3.37. The van der Waals surface area contributed by atoms with Crippen LogP contribution in [0.25, 0.3) is 0 Å². The zero-order chi connectivity index (χ0) is 19.5. The summed E-state index contributed by atoms with van der Waals surface area (Å²) in [5.74, 6) is 1.02. The van der Waals surface area contributed by atoms with Gasteiger partial charge in [0.25, 0.3) is 5.91 Å². The maximum absolute atomic E-state index is 13.2. The first kappa shape index (κ1) is 18.5. The number of carbonyl (C=O) groups is 2. The Morgan fingerprint density at radius 2 is 1.93 bits per heavy atom. The molecule has 0 aliphatic carbocycles. The highest BCUT2D eigenvalue weighted by molar-refractivity contribution is 5.99. The third-order valence-electron chi connectivity index (χ3n) is 5.57. The molecule has 0 spiro atoms. The maximum Gasteiger partial charge on any atom is 0.254 e. The third-order valence-corrected chi connectivity index (χ3v) is 5.57. The van der Waals surface area contributed by atoms with E-state index in [-0.39, 0.29) is 17.9 Å². The maximum atomic E-state index is 13.2. The van der Waals surface area contributed by atoms with Crippen LogP contribution in [0.4, 0.5) is 5.69 Å². The molecule has 1 atom stereocenters. The molecule has 0 unspecified atom stereocenters. The van der Waals surface area contributed by atoms with Crippen molar-refractivity contribution in [1.29, 1.82) is 0 Å². The van der Waals surface area contributed by atoms with Gasteiger partial charge in [-0.3, -0.25) is 9.59 Å². The lowest BCUT2D eigenvalue weighted by Gasteiger charge is -2.26. The molecular formula is C23H26N2O3. The van der Waals surface area contributed by atoms with Gasteiger partial charge in [-0.05, 0) is 62.1 Å². The molecule has 28 heavy (non-hydrogen) atoms. The molecular weight excluding hydrogens is 352 g/mol. The van der Waals surface area contributed by atoms with E-state index < -0.39 is 0 Å². The van der Waals surface area contributed by atoms with Gasteiger partial charge < -0.3 is 14.5 Å². The highest BCUT2D eigenvalue weighted by atomic mass is 16.5. The van der Waals surface area contributed by atoms with E-state index in [1.807, 2.05) is 48.2 Å². The summed E-state index contributed by atoms with van der Waals surface area (Å²) in [5, 5.41) is 0. The Balaban J connectivity index is 1.54. The monoisotopic (exact) mass is 378 g/mol. The second kappa shape index (κ2) is 8.05. The smallest absolute Gasteiger partial charge is 0.254 e. The van der Waals surface area contributed by atoms with Crippen LogP contribution >= 0.6 is 0 Å². The Morgan fingerprint density at radius 1 is 1.11 bits per heavy atom. The molecule has 2 aromatic rings. The molecule has 2 amide bonds. The van der Waals surface area contributed by atoms with Crippen molar-refractivity contribution in [3.05, 3.63) is 59.7 Å². The number of hydrogen-bond donors (Lipinski definition) is 0. The van der Waals surface area contributed by atoms with E-state index in [0.717, 1.165) is 49.4 Å². The molecule has 146 valence electrons. The lowest BCUT2D eigenvalue weighted by Crippen LogP contribution is -2.31. The molecule has 4 rings (SSSR count). The Morgan fingerprint density at radius 3 is 2.64 bits per heavy atom. The summed E-state index contributed by atoms with van der Waals surface area (Å²) in [6.45, 7) is 4.09. The summed E-state index contributed by atoms with van der Waals surface area (Å²) in [7, 11) is 0. The molecule has 0 aromatic heterocycles. The predicted octanol–water partition coefficient (Wildman–Crippen LogP) is 4.19. The third kappa shape index (κ3) is 3.61. The Bertz CT molecular complexity index is 862. The lowest BCUT2D eigenvalue weighted by molar-refractivity contribution is -0.117. The fraction of sp³-hybridized carbons (Fsp3) is 0.391. The second-order valence-corrected chi connectivity index (χ2v) is 7.36. The second-order valence-electron chi connectivity index (χ2n) is 7.36. The van der Waals surface area contributed by atoms with Crippen LogP contribution in [0.1, 0.15) is 54.6 Å². The zero-order valence-corrected chi connectivity index (χ0v) is 16.3. The topological polar surface area (TPSA) is 49.9 Å². The number of ether oxygens (including phenoxy) is 1. The summed E-state index contributed by atoms with van der Waals surface area (Å²) in [6, 6.07) is 15.6. The molecule has 2 aliphatic rings. The number of nitrogens with zero attached hydrogens (tertiary/aromatic N) is 2. The van der Waals surface area contributed by atoms with Gasteiger partial charge in [0, 0.05) is 30.8 Å². The summed E-state index contributed by atoms with van der Waals surface area (Å²) in [5.41, 5.74) is 2.61. The number of carbonyl (C=O) groups excluding carboxylic acids is 2. The van der Waals surface area contributed by atoms with Crippen molar-refractivity contribution in [2.45, 2.75) is 38.6 Å². The van der Waals surface area contributed by atoms with Gasteiger partial charge in [0.2, 0.25) is 5.91 Å². The van der Waals surface area contributed by atoms with Crippen LogP contribution in [0.2, 0.25) is 0 Å². The van der Waals surface area contributed by atoms with Gasteiger partial charge in [-0.1, -0.05) is 18.2 Å². The van der Waals surface area contributed by atoms with Crippen LogP contribution in [0.5, 0.6) is 5.75 Å². The molecule has 5 heteroatoms. The average molecular weight is 378 g/mol. The molecule has 2 aromatic carbocycles. The van der Waals surface area contributed by atoms with E-state index in [2.05, 4.69) is 12.1 Å². The number of rotatable bonds is 5. The quantitative estimate of drug-likeness (QED) is 0.784. The number of anilines is 1. The molecule has 0 bridgehead atoms.